The Balaban J connectivity index is 2.05. The average Bonchev–Trinajstić information content (AvgIpc) is 3.05. The van der Waals surface area contributed by atoms with Gasteiger partial charge in [0.15, 0.2) is 5.13 Å². The molecule has 8 heteroatoms. The summed E-state index contributed by atoms with van der Waals surface area (Å²) in [6.07, 6.45) is -0.847. The van der Waals surface area contributed by atoms with E-state index in [1.807, 2.05) is 0 Å². The fraction of sp³-hybridized carbons (Fsp3) is 0.167. The van der Waals surface area contributed by atoms with Gasteiger partial charge < -0.3 is 5.32 Å². The predicted molar refractivity (Wildman–Crippen MR) is 94.7 cm³/mol. The third-order valence-corrected chi connectivity index (χ3v) is 4.64. The summed E-state index contributed by atoms with van der Waals surface area (Å²) in [7, 11) is 0. The van der Waals surface area contributed by atoms with Crippen LogP contribution in [0.2, 0.25) is 0 Å². The van der Waals surface area contributed by atoms with Crippen molar-refractivity contribution >= 4 is 22.4 Å². The molecule has 1 N–H and O–H groups in total. The molecule has 0 bridgehead atoms. The number of halogens is 3. The molecule has 0 unspecified atom stereocenters. The summed E-state index contributed by atoms with van der Waals surface area (Å²) in [5, 5.41) is 3.10. The van der Waals surface area contributed by atoms with Crippen molar-refractivity contribution in [2.45, 2.75) is 19.5 Å². The zero-order valence-corrected chi connectivity index (χ0v) is 14.5. The van der Waals surface area contributed by atoms with Crippen LogP contribution < -0.4 is 5.32 Å². The molecule has 0 aliphatic rings. The topological polar surface area (TPSA) is 54.9 Å². The molecule has 0 saturated heterocycles. The number of nitrogens with one attached hydrogen (secondary N) is 1. The van der Waals surface area contributed by atoms with Crippen LogP contribution >= 0.6 is 11.3 Å². The Labute approximate surface area is 151 Å². The van der Waals surface area contributed by atoms with Crippen LogP contribution in [0, 0.1) is 0 Å². The van der Waals surface area contributed by atoms with Crippen LogP contribution in [0.3, 0.4) is 0 Å². The van der Waals surface area contributed by atoms with Crippen LogP contribution in [0.25, 0.3) is 21.7 Å². The number of carbonyl (C=O) groups excluding carboxylic acids is 1. The first kappa shape index (κ1) is 18.1. The number of aromatic nitrogens is 2. The lowest BCUT2D eigenvalue weighted by molar-refractivity contribution is -0.137. The molecule has 0 spiro atoms. The molecule has 26 heavy (non-hydrogen) atoms. The largest absolute Gasteiger partial charge is 0.416 e. The molecule has 4 nitrogen and oxygen atoms in total. The number of amides is 1. The van der Waals surface area contributed by atoms with Crippen LogP contribution in [0.15, 0.2) is 48.8 Å². The van der Waals surface area contributed by atoms with E-state index in [0.29, 0.717) is 22.8 Å². The van der Waals surface area contributed by atoms with Gasteiger partial charge >= 0.3 is 6.18 Å². The predicted octanol–water partition coefficient (Wildman–Crippen LogP) is 5.24. The lowest BCUT2D eigenvalue weighted by Gasteiger charge is -2.07. The minimum absolute atomic E-state index is 0.181. The standard InChI is InChI=1S/C18H14F3N3OS/c1-2-14(25)23-17-24-15(16(26-17)12-7-9-22-10-8-12)11-3-5-13(6-4-11)18(19,20)21/h3-10H,2H2,1H3,(H,23,24,25). The van der Waals surface area contributed by atoms with Crippen molar-refractivity contribution in [1.82, 2.24) is 9.97 Å². The normalized spacial score (nSPS) is 11.4. The van der Waals surface area contributed by atoms with Gasteiger partial charge in [0.1, 0.15) is 0 Å². The number of nitrogens with zero attached hydrogens (tertiary/aromatic N) is 2. The summed E-state index contributed by atoms with van der Waals surface area (Å²) in [5.41, 5.74) is 1.16. The number of pyridine rings is 1. The van der Waals surface area contributed by atoms with E-state index in [-0.39, 0.29) is 5.91 Å². The van der Waals surface area contributed by atoms with Crippen molar-refractivity contribution in [2.24, 2.45) is 0 Å². The van der Waals surface area contributed by atoms with E-state index in [9.17, 15) is 18.0 Å². The van der Waals surface area contributed by atoms with Gasteiger partial charge in [0, 0.05) is 24.4 Å². The molecule has 0 fully saturated rings. The fourth-order valence-electron chi connectivity index (χ4n) is 2.29. The van der Waals surface area contributed by atoms with Crippen LogP contribution in [-0.2, 0) is 11.0 Å². The Morgan fingerprint density at radius 2 is 1.73 bits per heavy atom. The molecule has 3 rings (SSSR count). The van der Waals surface area contributed by atoms with E-state index < -0.39 is 11.7 Å². The van der Waals surface area contributed by atoms with Crippen molar-refractivity contribution < 1.29 is 18.0 Å². The summed E-state index contributed by atoms with van der Waals surface area (Å²) in [6, 6.07) is 8.38. The van der Waals surface area contributed by atoms with E-state index in [0.717, 1.165) is 22.6 Å². The van der Waals surface area contributed by atoms with Crippen LogP contribution in [0.4, 0.5) is 18.3 Å². The molecule has 0 aliphatic carbocycles. The van der Waals surface area contributed by atoms with E-state index in [4.69, 9.17) is 0 Å². The average molecular weight is 377 g/mol. The summed E-state index contributed by atoms with van der Waals surface area (Å²) in [5.74, 6) is -0.181. The maximum absolute atomic E-state index is 12.8. The number of hydrogen-bond donors (Lipinski definition) is 1. The Hall–Kier alpha value is -2.74. The third kappa shape index (κ3) is 3.91. The Morgan fingerprint density at radius 1 is 1.08 bits per heavy atom. The molecule has 0 radical (unpaired) electrons. The summed E-state index contributed by atoms with van der Waals surface area (Å²) in [4.78, 5) is 20.8. The van der Waals surface area contributed by atoms with Gasteiger partial charge in [0.2, 0.25) is 5.91 Å². The molecule has 2 aromatic heterocycles. The highest BCUT2D eigenvalue weighted by Gasteiger charge is 2.30. The lowest BCUT2D eigenvalue weighted by atomic mass is 10.1. The van der Waals surface area contributed by atoms with Crippen molar-refractivity contribution in [3.8, 4) is 21.7 Å². The smallest absolute Gasteiger partial charge is 0.302 e. The van der Waals surface area contributed by atoms with Crippen LogP contribution in [-0.4, -0.2) is 15.9 Å². The van der Waals surface area contributed by atoms with Crippen molar-refractivity contribution in [2.75, 3.05) is 5.32 Å². The zero-order chi connectivity index (χ0) is 18.7. The lowest BCUT2D eigenvalue weighted by Crippen LogP contribution is -2.08. The van der Waals surface area contributed by atoms with Crippen molar-refractivity contribution in [3.63, 3.8) is 0 Å². The maximum atomic E-state index is 12.8. The minimum atomic E-state index is -4.39. The Bertz CT molecular complexity index is 906. The highest BCUT2D eigenvalue weighted by molar-refractivity contribution is 7.19. The SMILES string of the molecule is CCC(=O)Nc1nc(-c2ccc(C(F)(F)F)cc2)c(-c2ccncc2)s1. The molecule has 0 aliphatic heterocycles. The second-order valence-electron chi connectivity index (χ2n) is 5.41. The monoisotopic (exact) mass is 377 g/mol. The number of thiazole rings is 1. The van der Waals surface area contributed by atoms with Gasteiger partial charge in [-0.2, -0.15) is 13.2 Å². The number of alkyl halides is 3. The quantitative estimate of drug-likeness (QED) is 0.676. The highest BCUT2D eigenvalue weighted by Crippen LogP contribution is 2.39. The summed E-state index contributed by atoms with van der Waals surface area (Å²) in [6.45, 7) is 1.73. The number of anilines is 1. The second kappa shape index (κ2) is 7.25. The number of benzene rings is 1. The number of carbonyl (C=O) groups is 1. The van der Waals surface area contributed by atoms with Gasteiger partial charge in [-0.1, -0.05) is 30.4 Å². The first-order chi connectivity index (χ1) is 12.4. The van der Waals surface area contributed by atoms with Gasteiger partial charge in [-0.15, -0.1) is 0 Å². The molecule has 0 saturated carbocycles. The van der Waals surface area contributed by atoms with Crippen molar-refractivity contribution in [3.05, 3.63) is 54.4 Å². The first-order valence-corrected chi connectivity index (χ1v) is 8.59. The molecule has 3 aromatic rings. The number of hydrogen-bond acceptors (Lipinski definition) is 4. The van der Waals surface area contributed by atoms with E-state index in [1.165, 1.54) is 23.5 Å². The van der Waals surface area contributed by atoms with Crippen LogP contribution in [0.1, 0.15) is 18.9 Å². The molecule has 0 atom stereocenters. The molecule has 1 aromatic carbocycles. The van der Waals surface area contributed by atoms with E-state index in [1.54, 1.807) is 31.5 Å². The molecule has 1 amide bonds. The number of rotatable bonds is 4. The van der Waals surface area contributed by atoms with E-state index in [2.05, 4.69) is 15.3 Å². The Kier molecular flexibility index (Phi) is 5.03. The zero-order valence-electron chi connectivity index (χ0n) is 13.7. The summed E-state index contributed by atoms with van der Waals surface area (Å²) >= 11 is 1.27. The van der Waals surface area contributed by atoms with Gasteiger partial charge in [0.05, 0.1) is 16.1 Å². The fourth-order valence-corrected chi connectivity index (χ4v) is 3.30. The van der Waals surface area contributed by atoms with Gasteiger partial charge in [-0.3, -0.25) is 9.78 Å². The maximum Gasteiger partial charge on any atom is 0.416 e. The highest BCUT2D eigenvalue weighted by atomic mass is 32.1. The molecular weight excluding hydrogens is 363 g/mol. The van der Waals surface area contributed by atoms with Crippen LogP contribution in [0.5, 0.6) is 0 Å². The molecule has 134 valence electrons. The second-order valence-corrected chi connectivity index (χ2v) is 6.41. The van der Waals surface area contributed by atoms with Gasteiger partial charge in [-0.25, -0.2) is 4.98 Å². The summed E-state index contributed by atoms with van der Waals surface area (Å²) < 4.78 is 38.4. The van der Waals surface area contributed by atoms with Gasteiger partial charge in [-0.05, 0) is 29.8 Å². The van der Waals surface area contributed by atoms with E-state index >= 15 is 0 Å². The third-order valence-electron chi connectivity index (χ3n) is 3.62. The van der Waals surface area contributed by atoms with Crippen molar-refractivity contribution in [1.29, 1.82) is 0 Å². The molecular formula is C18H14F3N3OS. The molecule has 2 heterocycles. The van der Waals surface area contributed by atoms with Gasteiger partial charge in [0.25, 0.3) is 0 Å². The Morgan fingerprint density at radius 3 is 2.31 bits per heavy atom. The minimum Gasteiger partial charge on any atom is -0.302 e. The first-order valence-electron chi connectivity index (χ1n) is 7.77.